The lowest BCUT2D eigenvalue weighted by molar-refractivity contribution is 0.0759. The van der Waals surface area contributed by atoms with Crippen molar-refractivity contribution in [2.24, 2.45) is 7.05 Å². The molecule has 0 radical (unpaired) electrons. The first-order valence-electron chi connectivity index (χ1n) is 8.25. The zero-order valence-electron chi connectivity index (χ0n) is 14.7. The summed E-state index contributed by atoms with van der Waals surface area (Å²) in [5.41, 5.74) is 1.65. The van der Waals surface area contributed by atoms with Gasteiger partial charge in [-0.15, -0.1) is 0 Å². The second-order valence-electron chi connectivity index (χ2n) is 6.26. The van der Waals surface area contributed by atoms with E-state index in [4.69, 9.17) is 0 Å². The van der Waals surface area contributed by atoms with Crippen molar-refractivity contribution in [3.8, 4) is 0 Å². The normalized spacial score (nSPS) is 16.8. The lowest BCUT2D eigenvalue weighted by Crippen LogP contribution is -2.37. The highest BCUT2D eigenvalue weighted by Crippen LogP contribution is 2.24. The molecule has 3 heterocycles. The Labute approximate surface area is 147 Å². The molecule has 1 saturated heterocycles. The SMILES string of the molecule is Cc1nn(C)c(C)c1S(=O)(=O)N1CCCN(C(=O)c2ccc[nH]2)CC1. The number of carbonyl (C=O) groups is 1. The first kappa shape index (κ1) is 17.7. The van der Waals surface area contributed by atoms with Crippen LogP contribution in [0.1, 0.15) is 28.3 Å². The van der Waals surface area contributed by atoms with Crippen LogP contribution < -0.4 is 0 Å². The number of carbonyl (C=O) groups excluding carboxylic acids is 1. The van der Waals surface area contributed by atoms with Crippen LogP contribution in [0.2, 0.25) is 0 Å². The second-order valence-corrected chi connectivity index (χ2v) is 8.13. The van der Waals surface area contributed by atoms with Crippen LogP contribution in [0.25, 0.3) is 0 Å². The molecule has 1 N–H and O–H groups in total. The van der Waals surface area contributed by atoms with E-state index in [1.54, 1.807) is 48.8 Å². The fourth-order valence-corrected chi connectivity index (χ4v) is 5.10. The highest BCUT2D eigenvalue weighted by molar-refractivity contribution is 7.89. The number of aromatic amines is 1. The van der Waals surface area contributed by atoms with E-state index in [-0.39, 0.29) is 17.3 Å². The van der Waals surface area contributed by atoms with Gasteiger partial charge in [0, 0.05) is 39.4 Å². The van der Waals surface area contributed by atoms with Crippen molar-refractivity contribution in [2.75, 3.05) is 26.2 Å². The standard InChI is InChI=1S/C16H23N5O3S/c1-12-15(13(2)19(3)18-12)25(23,24)21-9-5-8-20(10-11-21)16(22)14-6-4-7-17-14/h4,6-7,17H,5,8-11H2,1-3H3. The first-order valence-corrected chi connectivity index (χ1v) is 9.69. The molecule has 0 aliphatic carbocycles. The second kappa shape index (κ2) is 6.64. The molecule has 1 amide bonds. The van der Waals surface area contributed by atoms with Gasteiger partial charge in [-0.1, -0.05) is 0 Å². The van der Waals surface area contributed by atoms with Gasteiger partial charge in [0.05, 0.1) is 11.4 Å². The molecule has 0 bridgehead atoms. The highest BCUT2D eigenvalue weighted by atomic mass is 32.2. The van der Waals surface area contributed by atoms with Gasteiger partial charge in [-0.2, -0.15) is 9.40 Å². The molecule has 1 aliphatic rings. The highest BCUT2D eigenvalue weighted by Gasteiger charge is 2.32. The van der Waals surface area contributed by atoms with Gasteiger partial charge in [0.2, 0.25) is 10.0 Å². The Kier molecular flexibility index (Phi) is 4.70. The van der Waals surface area contributed by atoms with E-state index >= 15 is 0 Å². The number of hydrogen-bond acceptors (Lipinski definition) is 4. The molecule has 1 fully saturated rings. The molecular formula is C16H23N5O3S. The maximum Gasteiger partial charge on any atom is 0.270 e. The van der Waals surface area contributed by atoms with Gasteiger partial charge in [-0.05, 0) is 32.4 Å². The number of aromatic nitrogens is 3. The summed E-state index contributed by atoms with van der Waals surface area (Å²) < 4.78 is 29.2. The lowest BCUT2D eigenvalue weighted by Gasteiger charge is -2.21. The van der Waals surface area contributed by atoms with Gasteiger partial charge in [0.25, 0.3) is 5.91 Å². The number of sulfonamides is 1. The minimum absolute atomic E-state index is 0.0991. The predicted octanol–water partition coefficient (Wildman–Crippen LogP) is 0.902. The van der Waals surface area contributed by atoms with E-state index in [1.807, 2.05) is 0 Å². The fourth-order valence-electron chi connectivity index (χ4n) is 3.23. The molecule has 0 aromatic carbocycles. The summed E-state index contributed by atoms with van der Waals surface area (Å²) in [6.07, 6.45) is 2.31. The summed E-state index contributed by atoms with van der Waals surface area (Å²) in [6, 6.07) is 3.50. The largest absolute Gasteiger partial charge is 0.357 e. The molecule has 9 heteroatoms. The molecule has 0 saturated carbocycles. The van der Waals surface area contributed by atoms with Crippen molar-refractivity contribution in [3.63, 3.8) is 0 Å². The van der Waals surface area contributed by atoms with Crippen LogP contribution in [-0.4, -0.2) is 64.5 Å². The van der Waals surface area contributed by atoms with Crippen molar-refractivity contribution in [1.29, 1.82) is 0 Å². The van der Waals surface area contributed by atoms with Crippen molar-refractivity contribution in [3.05, 3.63) is 35.4 Å². The Morgan fingerprint density at radius 3 is 2.56 bits per heavy atom. The van der Waals surface area contributed by atoms with E-state index in [0.29, 0.717) is 43.1 Å². The summed E-state index contributed by atoms with van der Waals surface area (Å²) in [4.78, 5) is 17.3. The molecule has 8 nitrogen and oxygen atoms in total. The van der Waals surface area contributed by atoms with Gasteiger partial charge in [0.1, 0.15) is 10.6 Å². The van der Waals surface area contributed by atoms with Crippen LogP contribution in [0.5, 0.6) is 0 Å². The van der Waals surface area contributed by atoms with Gasteiger partial charge in [-0.3, -0.25) is 9.48 Å². The van der Waals surface area contributed by atoms with Gasteiger partial charge in [-0.25, -0.2) is 8.42 Å². The van der Waals surface area contributed by atoms with Crippen molar-refractivity contribution < 1.29 is 13.2 Å². The molecule has 2 aromatic rings. The number of hydrogen-bond donors (Lipinski definition) is 1. The van der Waals surface area contributed by atoms with Crippen LogP contribution in [0, 0.1) is 13.8 Å². The monoisotopic (exact) mass is 365 g/mol. The van der Waals surface area contributed by atoms with E-state index in [9.17, 15) is 13.2 Å². The number of aryl methyl sites for hydroxylation is 2. The Bertz CT molecular complexity index is 870. The molecule has 0 unspecified atom stereocenters. The fraction of sp³-hybridized carbons (Fsp3) is 0.500. The zero-order chi connectivity index (χ0) is 18.2. The zero-order valence-corrected chi connectivity index (χ0v) is 15.5. The van der Waals surface area contributed by atoms with Gasteiger partial charge >= 0.3 is 0 Å². The molecule has 2 aromatic heterocycles. The van der Waals surface area contributed by atoms with Crippen LogP contribution in [0.4, 0.5) is 0 Å². The average Bonchev–Trinajstić information content (AvgIpc) is 3.08. The summed E-state index contributed by atoms with van der Waals surface area (Å²) in [5.74, 6) is -0.0991. The van der Waals surface area contributed by atoms with E-state index in [2.05, 4.69) is 10.1 Å². The molecule has 3 rings (SSSR count). The van der Waals surface area contributed by atoms with E-state index in [1.165, 1.54) is 4.31 Å². The Morgan fingerprint density at radius 1 is 1.20 bits per heavy atom. The quantitative estimate of drug-likeness (QED) is 0.875. The number of nitrogens with one attached hydrogen (secondary N) is 1. The Balaban J connectivity index is 1.80. The van der Waals surface area contributed by atoms with E-state index in [0.717, 1.165) is 0 Å². The summed E-state index contributed by atoms with van der Waals surface area (Å²) >= 11 is 0. The first-order chi connectivity index (χ1) is 11.8. The number of nitrogens with zero attached hydrogens (tertiary/aromatic N) is 4. The van der Waals surface area contributed by atoms with Crippen molar-refractivity contribution in [2.45, 2.75) is 25.2 Å². The van der Waals surface area contributed by atoms with Crippen LogP contribution in [-0.2, 0) is 17.1 Å². The van der Waals surface area contributed by atoms with Crippen molar-refractivity contribution >= 4 is 15.9 Å². The minimum Gasteiger partial charge on any atom is -0.357 e. The molecule has 136 valence electrons. The third kappa shape index (κ3) is 3.21. The average molecular weight is 365 g/mol. The van der Waals surface area contributed by atoms with Gasteiger partial charge in [0.15, 0.2) is 0 Å². The molecule has 25 heavy (non-hydrogen) atoms. The smallest absolute Gasteiger partial charge is 0.270 e. The third-order valence-corrected chi connectivity index (χ3v) is 6.76. The van der Waals surface area contributed by atoms with Crippen LogP contribution >= 0.6 is 0 Å². The third-order valence-electron chi connectivity index (χ3n) is 4.61. The summed E-state index contributed by atoms with van der Waals surface area (Å²) in [5, 5.41) is 4.21. The number of rotatable bonds is 3. The molecule has 0 atom stereocenters. The van der Waals surface area contributed by atoms with Crippen LogP contribution in [0.3, 0.4) is 0 Å². The molecule has 0 spiro atoms. The summed E-state index contributed by atoms with van der Waals surface area (Å²) in [7, 11) is -1.89. The Morgan fingerprint density at radius 2 is 1.96 bits per heavy atom. The molecular weight excluding hydrogens is 342 g/mol. The van der Waals surface area contributed by atoms with Gasteiger partial charge < -0.3 is 9.88 Å². The number of amides is 1. The molecule has 1 aliphatic heterocycles. The maximum absolute atomic E-state index is 13.1. The topological polar surface area (TPSA) is 91.3 Å². The van der Waals surface area contributed by atoms with E-state index < -0.39 is 10.0 Å². The Hall–Kier alpha value is -2.13. The summed E-state index contributed by atoms with van der Waals surface area (Å²) in [6.45, 7) is 5.04. The lowest BCUT2D eigenvalue weighted by atomic mass is 10.3. The van der Waals surface area contributed by atoms with Crippen LogP contribution in [0.15, 0.2) is 23.2 Å². The predicted molar refractivity (Wildman–Crippen MR) is 92.8 cm³/mol. The number of H-pyrrole nitrogens is 1. The van der Waals surface area contributed by atoms with Crippen molar-refractivity contribution in [1.82, 2.24) is 24.0 Å². The maximum atomic E-state index is 13.1. The minimum atomic E-state index is -3.62.